The van der Waals surface area contributed by atoms with Crippen LogP contribution in [0, 0.1) is 0 Å². The fourth-order valence-corrected chi connectivity index (χ4v) is 2.93. The summed E-state index contributed by atoms with van der Waals surface area (Å²) in [7, 11) is 0. The van der Waals surface area contributed by atoms with E-state index in [2.05, 4.69) is 4.98 Å². The Hall–Kier alpha value is -2.37. The van der Waals surface area contributed by atoms with E-state index in [0.717, 1.165) is 12.1 Å². The minimum atomic E-state index is -4.40. The van der Waals surface area contributed by atoms with E-state index in [-0.39, 0.29) is 0 Å². The Morgan fingerprint density at radius 3 is 2.70 bits per heavy atom. The molecule has 0 spiro atoms. The minimum absolute atomic E-state index is 0.375. The maximum Gasteiger partial charge on any atom is 0.416 e. The van der Waals surface area contributed by atoms with Crippen molar-refractivity contribution in [2.75, 3.05) is 0 Å². The number of rotatable bonds is 2. The van der Waals surface area contributed by atoms with E-state index in [1.807, 2.05) is 0 Å². The Labute approximate surface area is 130 Å². The van der Waals surface area contributed by atoms with Crippen LogP contribution in [-0.4, -0.2) is 16.1 Å². The van der Waals surface area contributed by atoms with Crippen LogP contribution in [0.15, 0.2) is 36.4 Å². The Bertz CT molecular complexity index is 756. The maximum absolute atomic E-state index is 12.8. The number of fused-ring (bicyclic) bond motifs is 1. The number of alkyl halides is 3. The molecular weight excluding hydrogens is 307 g/mol. The number of carbonyl (C=O) groups is 1. The van der Waals surface area contributed by atoms with Crippen molar-refractivity contribution < 1.29 is 23.1 Å². The molecule has 1 atom stereocenters. The van der Waals surface area contributed by atoms with Gasteiger partial charge in [-0.2, -0.15) is 13.2 Å². The lowest BCUT2D eigenvalue weighted by molar-refractivity contribution is -0.139. The van der Waals surface area contributed by atoms with E-state index in [1.54, 1.807) is 18.2 Å². The second-order valence-corrected chi connectivity index (χ2v) is 5.59. The van der Waals surface area contributed by atoms with Crippen LogP contribution >= 0.6 is 0 Å². The van der Waals surface area contributed by atoms with E-state index in [4.69, 9.17) is 0 Å². The van der Waals surface area contributed by atoms with Gasteiger partial charge in [-0.25, -0.2) is 0 Å². The predicted molar refractivity (Wildman–Crippen MR) is 78.0 cm³/mol. The molecule has 0 bridgehead atoms. The molecule has 0 aliphatic heterocycles. The van der Waals surface area contributed by atoms with Crippen molar-refractivity contribution in [1.82, 2.24) is 4.98 Å². The molecule has 3 rings (SSSR count). The Morgan fingerprint density at radius 1 is 1.22 bits per heavy atom. The van der Waals surface area contributed by atoms with E-state index in [1.165, 1.54) is 6.07 Å². The molecule has 23 heavy (non-hydrogen) atoms. The molecule has 2 aromatic rings. The summed E-state index contributed by atoms with van der Waals surface area (Å²) in [6.45, 7) is 0. The summed E-state index contributed by atoms with van der Waals surface area (Å²) in [6, 6.07) is 8.26. The molecule has 1 aliphatic carbocycles. The van der Waals surface area contributed by atoms with Gasteiger partial charge in [-0.15, -0.1) is 0 Å². The maximum atomic E-state index is 12.8. The van der Waals surface area contributed by atoms with Crippen molar-refractivity contribution >= 4 is 5.97 Å². The Kier molecular flexibility index (Phi) is 3.83. The van der Waals surface area contributed by atoms with Gasteiger partial charge in [0.25, 0.3) is 0 Å². The third kappa shape index (κ3) is 3.06. The highest BCUT2D eigenvalue weighted by Crippen LogP contribution is 2.34. The first kappa shape index (κ1) is 15.5. The number of pyridine rings is 1. The molecule has 0 saturated carbocycles. The molecule has 1 aliphatic rings. The molecule has 1 unspecified atom stereocenters. The van der Waals surface area contributed by atoms with Crippen LogP contribution in [-0.2, 0) is 17.4 Å². The molecule has 1 aromatic heterocycles. The number of hydrogen-bond donors (Lipinski definition) is 1. The van der Waals surface area contributed by atoms with Crippen molar-refractivity contribution in [2.24, 2.45) is 0 Å². The van der Waals surface area contributed by atoms with E-state index in [0.29, 0.717) is 41.8 Å². The van der Waals surface area contributed by atoms with E-state index >= 15 is 0 Å². The van der Waals surface area contributed by atoms with Gasteiger partial charge in [0.2, 0.25) is 0 Å². The molecule has 0 fully saturated rings. The van der Waals surface area contributed by atoms with Gasteiger partial charge < -0.3 is 5.11 Å². The number of aryl methyl sites for hydroxylation is 1. The summed E-state index contributed by atoms with van der Waals surface area (Å²) in [6.07, 6.45) is -2.49. The quantitative estimate of drug-likeness (QED) is 0.898. The normalized spacial score (nSPS) is 17.6. The highest BCUT2D eigenvalue weighted by Gasteiger charge is 2.31. The van der Waals surface area contributed by atoms with Crippen LogP contribution in [0.1, 0.15) is 35.6 Å². The molecule has 0 saturated heterocycles. The summed E-state index contributed by atoms with van der Waals surface area (Å²) in [4.78, 5) is 15.7. The summed E-state index contributed by atoms with van der Waals surface area (Å²) < 4.78 is 38.4. The number of aliphatic carboxylic acids is 1. The lowest BCUT2D eigenvalue weighted by Crippen LogP contribution is -2.19. The van der Waals surface area contributed by atoms with Gasteiger partial charge in [0.1, 0.15) is 0 Å². The number of carboxylic acids is 1. The van der Waals surface area contributed by atoms with Gasteiger partial charge in [0, 0.05) is 11.3 Å². The van der Waals surface area contributed by atoms with Gasteiger partial charge in [0.05, 0.1) is 17.2 Å². The SMILES string of the molecule is O=C(O)C1CCCc2nc(-c3cccc(C(F)(F)F)c3)ccc21. The monoisotopic (exact) mass is 321 g/mol. The molecular formula is C17H14F3NO2. The fraction of sp³-hybridized carbons (Fsp3) is 0.294. The third-order valence-corrected chi connectivity index (χ3v) is 4.07. The van der Waals surface area contributed by atoms with Crippen molar-refractivity contribution in [3.8, 4) is 11.3 Å². The zero-order valence-corrected chi connectivity index (χ0v) is 12.1. The third-order valence-electron chi connectivity index (χ3n) is 4.07. The van der Waals surface area contributed by atoms with Crippen LogP contribution in [0.5, 0.6) is 0 Å². The highest BCUT2D eigenvalue weighted by atomic mass is 19.4. The predicted octanol–water partition coefficient (Wildman–Crippen LogP) is 4.27. The zero-order valence-electron chi connectivity index (χ0n) is 12.1. The van der Waals surface area contributed by atoms with Crippen molar-refractivity contribution in [1.29, 1.82) is 0 Å². The average Bonchev–Trinajstić information content (AvgIpc) is 2.53. The van der Waals surface area contributed by atoms with Crippen molar-refractivity contribution in [2.45, 2.75) is 31.4 Å². The van der Waals surface area contributed by atoms with Gasteiger partial charge in [-0.05, 0) is 43.0 Å². The number of halogens is 3. The van der Waals surface area contributed by atoms with Gasteiger partial charge in [-0.3, -0.25) is 9.78 Å². The molecule has 6 heteroatoms. The fourth-order valence-electron chi connectivity index (χ4n) is 2.93. The van der Waals surface area contributed by atoms with Crippen LogP contribution in [0.2, 0.25) is 0 Å². The van der Waals surface area contributed by atoms with E-state index < -0.39 is 23.6 Å². The topological polar surface area (TPSA) is 50.2 Å². The second-order valence-electron chi connectivity index (χ2n) is 5.59. The molecule has 120 valence electrons. The summed E-state index contributed by atoms with van der Waals surface area (Å²) in [5.41, 5.74) is 1.41. The van der Waals surface area contributed by atoms with Gasteiger partial charge >= 0.3 is 12.1 Å². The summed E-state index contributed by atoms with van der Waals surface area (Å²) in [5.74, 6) is -1.47. The van der Waals surface area contributed by atoms with Crippen molar-refractivity contribution in [3.05, 3.63) is 53.2 Å². The molecule has 3 nitrogen and oxygen atoms in total. The number of carboxylic acid groups (broad SMARTS) is 1. The largest absolute Gasteiger partial charge is 0.481 e. The second kappa shape index (κ2) is 5.68. The average molecular weight is 321 g/mol. The molecule has 1 heterocycles. The number of nitrogens with zero attached hydrogens (tertiary/aromatic N) is 1. The Morgan fingerprint density at radius 2 is 2.00 bits per heavy atom. The number of hydrogen-bond acceptors (Lipinski definition) is 2. The molecule has 1 aromatic carbocycles. The summed E-state index contributed by atoms with van der Waals surface area (Å²) in [5, 5.41) is 9.24. The van der Waals surface area contributed by atoms with Crippen LogP contribution in [0.25, 0.3) is 11.3 Å². The zero-order chi connectivity index (χ0) is 16.6. The van der Waals surface area contributed by atoms with Crippen LogP contribution < -0.4 is 0 Å². The lowest BCUT2D eigenvalue weighted by Gasteiger charge is -2.22. The molecule has 0 amide bonds. The summed E-state index contributed by atoms with van der Waals surface area (Å²) >= 11 is 0. The van der Waals surface area contributed by atoms with Crippen molar-refractivity contribution in [3.63, 3.8) is 0 Å². The van der Waals surface area contributed by atoms with Crippen LogP contribution in [0.3, 0.4) is 0 Å². The first-order valence-corrected chi connectivity index (χ1v) is 7.26. The standard InChI is InChI=1S/C17H14F3NO2/c18-17(19,20)11-4-1-3-10(9-11)14-8-7-12-13(16(22)23)5-2-6-15(12)21-14/h1,3-4,7-9,13H,2,5-6H2,(H,22,23). The minimum Gasteiger partial charge on any atom is -0.481 e. The molecule has 0 radical (unpaired) electrons. The van der Waals surface area contributed by atoms with E-state index in [9.17, 15) is 23.1 Å². The number of aromatic nitrogens is 1. The van der Waals surface area contributed by atoms with Gasteiger partial charge in [-0.1, -0.05) is 18.2 Å². The lowest BCUT2D eigenvalue weighted by atomic mass is 9.85. The molecule has 1 N–H and O–H groups in total. The smallest absolute Gasteiger partial charge is 0.416 e. The van der Waals surface area contributed by atoms with Crippen LogP contribution in [0.4, 0.5) is 13.2 Å². The number of benzene rings is 1. The Balaban J connectivity index is 2.01. The first-order valence-electron chi connectivity index (χ1n) is 7.26. The first-order chi connectivity index (χ1) is 10.9. The van der Waals surface area contributed by atoms with Gasteiger partial charge in [0.15, 0.2) is 0 Å². The highest BCUT2D eigenvalue weighted by molar-refractivity contribution is 5.77.